The largest absolute Gasteiger partial charge is 0.478 e. The van der Waals surface area contributed by atoms with Crippen LogP contribution in [-0.4, -0.2) is 48.6 Å². The summed E-state index contributed by atoms with van der Waals surface area (Å²) in [5.41, 5.74) is 8.12. The van der Waals surface area contributed by atoms with E-state index in [2.05, 4.69) is 19.8 Å². The van der Waals surface area contributed by atoms with E-state index in [-0.39, 0.29) is 29.8 Å². The van der Waals surface area contributed by atoms with Gasteiger partial charge in [0.1, 0.15) is 5.82 Å². The molecule has 146 valence electrons. The van der Waals surface area contributed by atoms with E-state index in [9.17, 15) is 4.39 Å². The Labute approximate surface area is 176 Å². The van der Waals surface area contributed by atoms with Crippen LogP contribution in [0.1, 0.15) is 12.5 Å². The van der Waals surface area contributed by atoms with Gasteiger partial charge in [-0.1, -0.05) is 6.07 Å². The van der Waals surface area contributed by atoms with Gasteiger partial charge in [0.15, 0.2) is 5.96 Å². The molecule has 8 heteroatoms. The molecule has 0 unspecified atom stereocenters. The molecule has 1 saturated heterocycles. The van der Waals surface area contributed by atoms with Crippen molar-refractivity contribution >= 4 is 35.6 Å². The van der Waals surface area contributed by atoms with Crippen molar-refractivity contribution in [3.8, 4) is 5.88 Å². The number of benzene rings is 1. The third-order valence-electron chi connectivity index (χ3n) is 4.34. The summed E-state index contributed by atoms with van der Waals surface area (Å²) in [6.07, 6.45) is 1.70. The summed E-state index contributed by atoms with van der Waals surface area (Å²) in [4.78, 5) is 13.0. The molecule has 0 bridgehead atoms. The maximum atomic E-state index is 13.1. The number of hydrogen-bond acceptors (Lipinski definition) is 4. The van der Waals surface area contributed by atoms with Crippen LogP contribution in [0.15, 0.2) is 47.6 Å². The average molecular weight is 485 g/mol. The molecule has 0 amide bonds. The van der Waals surface area contributed by atoms with Gasteiger partial charge in [-0.3, -0.25) is 0 Å². The van der Waals surface area contributed by atoms with E-state index in [4.69, 9.17) is 10.5 Å². The normalized spacial score (nSPS) is 14.7. The smallest absolute Gasteiger partial charge is 0.218 e. The molecule has 27 heavy (non-hydrogen) atoms. The Morgan fingerprint density at radius 1 is 1.19 bits per heavy atom. The Hall–Kier alpha value is -2.10. The van der Waals surface area contributed by atoms with Gasteiger partial charge in [-0.25, -0.2) is 14.4 Å². The van der Waals surface area contributed by atoms with Crippen LogP contribution < -0.4 is 15.4 Å². The number of rotatable bonds is 5. The van der Waals surface area contributed by atoms with E-state index in [1.807, 2.05) is 19.1 Å². The Kier molecular flexibility index (Phi) is 8.08. The highest BCUT2D eigenvalue weighted by molar-refractivity contribution is 14.0. The van der Waals surface area contributed by atoms with Crippen molar-refractivity contribution in [3.63, 3.8) is 0 Å². The van der Waals surface area contributed by atoms with E-state index < -0.39 is 0 Å². The highest BCUT2D eigenvalue weighted by atomic mass is 127. The summed E-state index contributed by atoms with van der Waals surface area (Å²) in [6, 6.07) is 10.4. The number of anilines is 1. The first-order chi connectivity index (χ1) is 12.7. The number of aliphatic imine (C=N–C) groups is 1. The molecule has 2 aromatic rings. The lowest BCUT2D eigenvalue weighted by atomic mass is 10.2. The van der Waals surface area contributed by atoms with E-state index in [1.54, 1.807) is 18.3 Å². The van der Waals surface area contributed by atoms with Crippen LogP contribution in [-0.2, 0) is 6.54 Å². The lowest BCUT2D eigenvalue weighted by Crippen LogP contribution is -2.51. The molecule has 0 spiro atoms. The van der Waals surface area contributed by atoms with E-state index in [0.717, 1.165) is 37.4 Å². The van der Waals surface area contributed by atoms with Gasteiger partial charge >= 0.3 is 0 Å². The third kappa shape index (κ3) is 5.69. The van der Waals surface area contributed by atoms with E-state index in [1.165, 1.54) is 12.1 Å². The van der Waals surface area contributed by atoms with Crippen molar-refractivity contribution < 1.29 is 9.13 Å². The molecule has 0 aliphatic carbocycles. The quantitative estimate of drug-likeness (QED) is 0.401. The molecule has 6 nitrogen and oxygen atoms in total. The second-order valence-corrected chi connectivity index (χ2v) is 6.03. The zero-order valence-electron chi connectivity index (χ0n) is 15.3. The Morgan fingerprint density at radius 3 is 2.56 bits per heavy atom. The van der Waals surface area contributed by atoms with Crippen LogP contribution in [0.5, 0.6) is 5.88 Å². The first-order valence-corrected chi connectivity index (χ1v) is 8.79. The van der Waals surface area contributed by atoms with Crippen LogP contribution in [0.2, 0.25) is 0 Å². The highest BCUT2D eigenvalue weighted by Gasteiger charge is 2.18. The predicted octanol–water partition coefficient (Wildman–Crippen LogP) is 2.87. The average Bonchev–Trinajstić information content (AvgIpc) is 2.68. The summed E-state index contributed by atoms with van der Waals surface area (Å²) in [5, 5.41) is 0. The van der Waals surface area contributed by atoms with Crippen molar-refractivity contribution in [2.24, 2.45) is 10.7 Å². The van der Waals surface area contributed by atoms with E-state index in [0.29, 0.717) is 25.0 Å². The van der Waals surface area contributed by atoms with Crippen LogP contribution in [0.3, 0.4) is 0 Å². The maximum absolute atomic E-state index is 13.1. The topological polar surface area (TPSA) is 67.0 Å². The molecule has 1 aliphatic heterocycles. The minimum absolute atomic E-state index is 0. The molecule has 0 saturated carbocycles. The molecule has 1 aromatic carbocycles. The molecule has 1 aliphatic rings. The molecular weight excluding hydrogens is 460 g/mol. The lowest BCUT2D eigenvalue weighted by molar-refractivity contribution is 0.323. The van der Waals surface area contributed by atoms with Gasteiger partial charge in [0.05, 0.1) is 13.2 Å². The number of guanidine groups is 1. The Bertz CT molecular complexity index is 748. The maximum Gasteiger partial charge on any atom is 0.218 e. The van der Waals surface area contributed by atoms with Crippen LogP contribution >= 0.6 is 24.0 Å². The molecule has 2 N–H and O–H groups in total. The fourth-order valence-electron chi connectivity index (χ4n) is 2.92. The monoisotopic (exact) mass is 485 g/mol. The van der Waals surface area contributed by atoms with Crippen molar-refractivity contribution in [1.29, 1.82) is 0 Å². The van der Waals surface area contributed by atoms with Crippen LogP contribution in [0, 0.1) is 5.82 Å². The van der Waals surface area contributed by atoms with Gasteiger partial charge in [0, 0.05) is 43.6 Å². The number of halogens is 2. The number of ether oxygens (including phenoxy) is 1. The summed E-state index contributed by atoms with van der Waals surface area (Å²) in [5.74, 6) is 0.910. The van der Waals surface area contributed by atoms with Gasteiger partial charge in [-0.15, -0.1) is 24.0 Å². The molecule has 2 heterocycles. The van der Waals surface area contributed by atoms with Gasteiger partial charge in [-0.2, -0.15) is 0 Å². The molecule has 1 fully saturated rings. The second-order valence-electron chi connectivity index (χ2n) is 6.03. The third-order valence-corrected chi connectivity index (χ3v) is 4.34. The van der Waals surface area contributed by atoms with Crippen molar-refractivity contribution in [2.75, 3.05) is 37.7 Å². The first kappa shape index (κ1) is 21.2. The summed E-state index contributed by atoms with van der Waals surface area (Å²) >= 11 is 0. The fourth-order valence-corrected chi connectivity index (χ4v) is 2.92. The number of hydrogen-bond donors (Lipinski definition) is 1. The van der Waals surface area contributed by atoms with Gasteiger partial charge < -0.3 is 20.3 Å². The molecule has 3 rings (SSSR count). The molecular formula is C19H25FIN5O. The minimum atomic E-state index is -0.217. The number of pyridine rings is 1. The summed E-state index contributed by atoms with van der Waals surface area (Å²) < 4.78 is 18.6. The van der Waals surface area contributed by atoms with Gasteiger partial charge in [-0.05, 0) is 37.3 Å². The van der Waals surface area contributed by atoms with E-state index >= 15 is 0 Å². The van der Waals surface area contributed by atoms with Crippen molar-refractivity contribution in [1.82, 2.24) is 9.88 Å². The molecule has 0 radical (unpaired) electrons. The van der Waals surface area contributed by atoms with Gasteiger partial charge in [0.2, 0.25) is 5.88 Å². The SMILES string of the molecule is CCOc1ncccc1CN=C(N)N1CCN(c2ccc(F)cc2)CC1.I. The number of piperazine rings is 1. The van der Waals surface area contributed by atoms with Gasteiger partial charge in [0.25, 0.3) is 0 Å². The zero-order chi connectivity index (χ0) is 18.4. The van der Waals surface area contributed by atoms with Crippen molar-refractivity contribution in [2.45, 2.75) is 13.5 Å². The minimum Gasteiger partial charge on any atom is -0.478 e. The Balaban J connectivity index is 0.00000261. The summed E-state index contributed by atoms with van der Waals surface area (Å²) in [7, 11) is 0. The fraction of sp³-hybridized carbons (Fsp3) is 0.368. The molecule has 1 aromatic heterocycles. The first-order valence-electron chi connectivity index (χ1n) is 8.79. The highest BCUT2D eigenvalue weighted by Crippen LogP contribution is 2.18. The van der Waals surface area contributed by atoms with Crippen LogP contribution in [0.25, 0.3) is 0 Å². The van der Waals surface area contributed by atoms with Crippen LogP contribution in [0.4, 0.5) is 10.1 Å². The molecule has 0 atom stereocenters. The number of nitrogens with two attached hydrogens (primary N) is 1. The zero-order valence-corrected chi connectivity index (χ0v) is 17.7. The van der Waals surface area contributed by atoms with Crippen molar-refractivity contribution in [3.05, 3.63) is 54.0 Å². The second kappa shape index (κ2) is 10.3. The summed E-state index contributed by atoms with van der Waals surface area (Å²) in [6.45, 7) is 6.12. The predicted molar refractivity (Wildman–Crippen MR) is 116 cm³/mol. The number of nitrogens with zero attached hydrogens (tertiary/aromatic N) is 4. The number of aromatic nitrogens is 1. The lowest BCUT2D eigenvalue weighted by Gasteiger charge is -2.36. The standard InChI is InChI=1S/C19H24FN5O.HI/c1-2-26-18-15(4-3-9-22-18)14-23-19(21)25-12-10-24(11-13-25)17-7-5-16(20)6-8-17;/h3-9H,2,10-14H2,1H3,(H2,21,23);1H. The Morgan fingerprint density at radius 2 is 1.89 bits per heavy atom.